The minimum Gasteiger partial charge on any atom is -0.383 e. The molecule has 0 aliphatic heterocycles. The standard InChI is InChI=1S/C11H13Cl2FO/c1-15-7-9(12)6-5-8-3-2-4-10(13)11(8)14/h2-4,9H,5-7H2,1H3. The Bertz CT molecular complexity index is 317. The number of alkyl halides is 1. The van der Waals surface area contributed by atoms with Gasteiger partial charge in [0, 0.05) is 7.11 Å². The molecule has 0 heterocycles. The Morgan fingerprint density at radius 3 is 2.87 bits per heavy atom. The van der Waals surface area contributed by atoms with Gasteiger partial charge in [-0.25, -0.2) is 4.39 Å². The molecule has 0 aliphatic carbocycles. The third kappa shape index (κ3) is 3.98. The Kier molecular flexibility index (Phi) is 5.37. The fraction of sp³-hybridized carbons (Fsp3) is 0.455. The fourth-order valence-electron chi connectivity index (χ4n) is 1.32. The number of halogens is 3. The fourth-order valence-corrected chi connectivity index (χ4v) is 1.75. The molecule has 0 radical (unpaired) electrons. The summed E-state index contributed by atoms with van der Waals surface area (Å²) in [4.78, 5) is 0. The molecule has 0 bridgehead atoms. The van der Waals surface area contributed by atoms with Crippen molar-refractivity contribution in [2.45, 2.75) is 18.2 Å². The molecule has 4 heteroatoms. The van der Waals surface area contributed by atoms with Crippen LogP contribution in [0.25, 0.3) is 0 Å². The van der Waals surface area contributed by atoms with Crippen molar-refractivity contribution in [3.05, 3.63) is 34.6 Å². The third-order valence-corrected chi connectivity index (χ3v) is 2.74. The van der Waals surface area contributed by atoms with Gasteiger partial charge in [0.25, 0.3) is 0 Å². The molecule has 0 N–H and O–H groups in total. The molecule has 15 heavy (non-hydrogen) atoms. The lowest BCUT2D eigenvalue weighted by Crippen LogP contribution is -2.08. The van der Waals surface area contributed by atoms with E-state index in [0.717, 1.165) is 0 Å². The summed E-state index contributed by atoms with van der Waals surface area (Å²) in [6, 6.07) is 4.99. The summed E-state index contributed by atoms with van der Waals surface area (Å²) in [7, 11) is 1.59. The molecule has 0 amide bonds. The number of ether oxygens (including phenoxy) is 1. The Hall–Kier alpha value is -0.310. The maximum Gasteiger partial charge on any atom is 0.144 e. The lowest BCUT2D eigenvalue weighted by atomic mass is 10.1. The van der Waals surface area contributed by atoms with E-state index in [1.165, 1.54) is 6.07 Å². The molecule has 1 rings (SSSR count). The van der Waals surface area contributed by atoms with Gasteiger partial charge in [-0.05, 0) is 24.5 Å². The Balaban J connectivity index is 2.54. The van der Waals surface area contributed by atoms with Crippen LogP contribution in [-0.2, 0) is 11.2 Å². The van der Waals surface area contributed by atoms with Crippen LogP contribution in [0.3, 0.4) is 0 Å². The van der Waals surface area contributed by atoms with Crippen LogP contribution >= 0.6 is 23.2 Å². The van der Waals surface area contributed by atoms with Crippen LogP contribution in [0.2, 0.25) is 5.02 Å². The van der Waals surface area contributed by atoms with Crippen molar-refractivity contribution in [3.63, 3.8) is 0 Å². The quantitative estimate of drug-likeness (QED) is 0.725. The van der Waals surface area contributed by atoms with E-state index in [9.17, 15) is 4.39 Å². The van der Waals surface area contributed by atoms with Crippen molar-refractivity contribution in [3.8, 4) is 0 Å². The predicted octanol–water partition coefficient (Wildman–Crippen LogP) is 3.67. The van der Waals surface area contributed by atoms with Crippen molar-refractivity contribution in [2.75, 3.05) is 13.7 Å². The second-order valence-corrected chi connectivity index (χ2v) is 4.33. The minimum atomic E-state index is -0.347. The van der Waals surface area contributed by atoms with Gasteiger partial charge in [0.05, 0.1) is 17.0 Å². The van der Waals surface area contributed by atoms with E-state index in [4.69, 9.17) is 27.9 Å². The van der Waals surface area contributed by atoms with Gasteiger partial charge in [-0.15, -0.1) is 11.6 Å². The number of rotatable bonds is 5. The second kappa shape index (κ2) is 6.31. The summed E-state index contributed by atoms with van der Waals surface area (Å²) in [6.07, 6.45) is 1.25. The molecule has 1 aromatic carbocycles. The summed E-state index contributed by atoms with van der Waals surface area (Å²) in [5.41, 5.74) is 0.601. The highest BCUT2D eigenvalue weighted by Crippen LogP contribution is 2.20. The molecular formula is C11H13Cl2FO. The van der Waals surface area contributed by atoms with Crippen LogP contribution in [0.15, 0.2) is 18.2 Å². The first-order valence-corrected chi connectivity index (χ1v) is 5.52. The minimum absolute atomic E-state index is 0.0895. The summed E-state index contributed by atoms with van der Waals surface area (Å²) < 4.78 is 18.3. The first-order valence-electron chi connectivity index (χ1n) is 4.71. The first kappa shape index (κ1) is 12.8. The van der Waals surface area contributed by atoms with Crippen LogP contribution in [0, 0.1) is 5.82 Å². The zero-order valence-electron chi connectivity index (χ0n) is 8.47. The Morgan fingerprint density at radius 2 is 2.20 bits per heavy atom. The average Bonchev–Trinajstić information content (AvgIpc) is 2.21. The van der Waals surface area contributed by atoms with E-state index in [1.807, 2.05) is 0 Å². The zero-order chi connectivity index (χ0) is 11.3. The van der Waals surface area contributed by atoms with E-state index >= 15 is 0 Å². The van der Waals surface area contributed by atoms with Gasteiger partial charge < -0.3 is 4.74 Å². The molecule has 0 saturated carbocycles. The van der Waals surface area contributed by atoms with E-state index in [0.29, 0.717) is 25.0 Å². The smallest absolute Gasteiger partial charge is 0.144 e. The van der Waals surface area contributed by atoms with E-state index in [-0.39, 0.29) is 16.2 Å². The number of benzene rings is 1. The predicted molar refractivity (Wildman–Crippen MR) is 61.2 cm³/mol. The SMILES string of the molecule is COCC(Cl)CCc1cccc(Cl)c1F. The molecule has 84 valence electrons. The second-order valence-electron chi connectivity index (χ2n) is 3.30. The highest BCUT2D eigenvalue weighted by atomic mass is 35.5. The summed E-state index contributed by atoms with van der Waals surface area (Å²) in [6.45, 7) is 0.476. The molecule has 0 spiro atoms. The maximum absolute atomic E-state index is 13.4. The van der Waals surface area contributed by atoms with E-state index < -0.39 is 0 Å². The van der Waals surface area contributed by atoms with Crippen LogP contribution in [0.1, 0.15) is 12.0 Å². The van der Waals surface area contributed by atoms with Crippen molar-refractivity contribution < 1.29 is 9.13 Å². The molecule has 1 nitrogen and oxygen atoms in total. The number of hydrogen-bond donors (Lipinski definition) is 0. The van der Waals surface area contributed by atoms with Gasteiger partial charge in [-0.3, -0.25) is 0 Å². The Labute approximate surface area is 99.1 Å². The topological polar surface area (TPSA) is 9.23 Å². The van der Waals surface area contributed by atoms with Crippen molar-refractivity contribution in [1.82, 2.24) is 0 Å². The molecule has 1 unspecified atom stereocenters. The van der Waals surface area contributed by atoms with Crippen LogP contribution in [0.5, 0.6) is 0 Å². The molecule has 0 fully saturated rings. The molecule has 0 aromatic heterocycles. The zero-order valence-corrected chi connectivity index (χ0v) is 9.98. The normalized spacial score (nSPS) is 12.8. The summed E-state index contributed by atoms with van der Waals surface area (Å²) in [5.74, 6) is -0.347. The van der Waals surface area contributed by atoms with E-state index in [1.54, 1.807) is 19.2 Å². The number of methoxy groups -OCH3 is 1. The van der Waals surface area contributed by atoms with Crippen LogP contribution in [-0.4, -0.2) is 19.1 Å². The Morgan fingerprint density at radius 1 is 1.47 bits per heavy atom. The molecule has 0 aliphatic rings. The van der Waals surface area contributed by atoms with Gasteiger partial charge in [-0.2, -0.15) is 0 Å². The lowest BCUT2D eigenvalue weighted by Gasteiger charge is -2.08. The maximum atomic E-state index is 13.4. The number of hydrogen-bond acceptors (Lipinski definition) is 1. The van der Waals surface area contributed by atoms with Gasteiger partial charge >= 0.3 is 0 Å². The van der Waals surface area contributed by atoms with E-state index in [2.05, 4.69) is 0 Å². The highest BCUT2D eigenvalue weighted by molar-refractivity contribution is 6.30. The van der Waals surface area contributed by atoms with Gasteiger partial charge in [0.1, 0.15) is 5.82 Å². The van der Waals surface area contributed by atoms with Crippen molar-refractivity contribution in [1.29, 1.82) is 0 Å². The molecule has 1 aromatic rings. The van der Waals surface area contributed by atoms with Crippen molar-refractivity contribution >= 4 is 23.2 Å². The molecular weight excluding hydrogens is 238 g/mol. The third-order valence-electron chi connectivity index (χ3n) is 2.11. The largest absolute Gasteiger partial charge is 0.383 e. The highest BCUT2D eigenvalue weighted by Gasteiger charge is 2.09. The van der Waals surface area contributed by atoms with Crippen LogP contribution in [0.4, 0.5) is 4.39 Å². The first-order chi connectivity index (χ1) is 7.15. The monoisotopic (exact) mass is 250 g/mol. The van der Waals surface area contributed by atoms with Gasteiger partial charge in [0.15, 0.2) is 0 Å². The van der Waals surface area contributed by atoms with Crippen LogP contribution < -0.4 is 0 Å². The van der Waals surface area contributed by atoms with Gasteiger partial charge in [-0.1, -0.05) is 23.7 Å². The summed E-state index contributed by atoms with van der Waals surface area (Å²) >= 11 is 11.6. The van der Waals surface area contributed by atoms with Gasteiger partial charge in [0.2, 0.25) is 0 Å². The van der Waals surface area contributed by atoms with Crippen molar-refractivity contribution in [2.24, 2.45) is 0 Å². The summed E-state index contributed by atoms with van der Waals surface area (Å²) in [5, 5.41) is 0.0683. The number of aryl methyl sites for hydroxylation is 1. The molecule has 0 saturated heterocycles. The molecule has 1 atom stereocenters. The average molecular weight is 251 g/mol. The lowest BCUT2D eigenvalue weighted by molar-refractivity contribution is 0.195.